The summed E-state index contributed by atoms with van der Waals surface area (Å²) >= 11 is 0. The number of benzene rings is 1. The zero-order valence-corrected chi connectivity index (χ0v) is 16.4. The molecule has 1 saturated heterocycles. The first-order valence-electron chi connectivity index (χ1n) is 9.70. The van der Waals surface area contributed by atoms with E-state index in [-0.39, 0.29) is 13.2 Å². The number of aliphatic hydroxyl groups is 1. The molecule has 2 N–H and O–H groups in total. The summed E-state index contributed by atoms with van der Waals surface area (Å²) in [6.07, 6.45) is 3.20. The number of aromatic nitrogens is 2. The quantitative estimate of drug-likeness (QED) is 0.727. The minimum atomic E-state index is -0.519. The van der Waals surface area contributed by atoms with Gasteiger partial charge in [0, 0.05) is 0 Å². The van der Waals surface area contributed by atoms with Gasteiger partial charge in [0.15, 0.2) is 23.9 Å². The lowest BCUT2D eigenvalue weighted by atomic mass is 9.97. The van der Waals surface area contributed by atoms with Gasteiger partial charge < -0.3 is 24.0 Å². The first-order valence-corrected chi connectivity index (χ1v) is 9.70. The average molecular weight is 376 g/mol. The van der Waals surface area contributed by atoms with E-state index in [1.54, 1.807) is 6.92 Å². The first-order chi connectivity index (χ1) is 13.0. The van der Waals surface area contributed by atoms with E-state index in [4.69, 9.17) is 14.0 Å². The molecule has 2 heterocycles. The molecule has 0 bridgehead atoms. The Morgan fingerprint density at radius 3 is 2.48 bits per heavy atom. The van der Waals surface area contributed by atoms with Gasteiger partial charge in [0.1, 0.15) is 19.3 Å². The lowest BCUT2D eigenvalue weighted by molar-refractivity contribution is -0.954. The van der Waals surface area contributed by atoms with Crippen LogP contribution in [0.1, 0.15) is 44.8 Å². The van der Waals surface area contributed by atoms with E-state index < -0.39 is 6.10 Å². The second-order valence-corrected chi connectivity index (χ2v) is 7.45. The third-order valence-corrected chi connectivity index (χ3v) is 5.21. The number of aryl methyl sites for hydroxylation is 1. The van der Waals surface area contributed by atoms with Crippen molar-refractivity contribution in [1.82, 2.24) is 10.1 Å². The van der Waals surface area contributed by atoms with Gasteiger partial charge in [-0.2, -0.15) is 4.98 Å². The highest BCUT2D eigenvalue weighted by atomic mass is 16.5. The number of likely N-dealkylation sites (tertiary alicyclic amines) is 1. The number of hydrogen-bond acceptors (Lipinski definition) is 6. The van der Waals surface area contributed by atoms with Gasteiger partial charge >= 0.3 is 0 Å². The molecule has 0 unspecified atom stereocenters. The molecule has 0 radical (unpaired) electrons. The molecular formula is C20H30N3O4+. The van der Waals surface area contributed by atoms with Crippen molar-refractivity contribution < 1.29 is 24.0 Å². The lowest BCUT2D eigenvalue weighted by Gasteiger charge is -2.36. The Labute approximate surface area is 160 Å². The SMILES string of the molecule is Cc1noc(COc2ccccc2OC[C@@H](O)C[NH+]2[C@@H](C)CCC[C@@H]2C)n1. The Morgan fingerprint density at radius 2 is 1.85 bits per heavy atom. The maximum absolute atomic E-state index is 10.5. The van der Waals surface area contributed by atoms with Crippen molar-refractivity contribution in [2.24, 2.45) is 0 Å². The van der Waals surface area contributed by atoms with Crippen LogP contribution in [0.3, 0.4) is 0 Å². The van der Waals surface area contributed by atoms with Crippen LogP contribution in [-0.4, -0.2) is 46.6 Å². The summed E-state index contributed by atoms with van der Waals surface area (Å²) in [5.74, 6) is 2.18. The highest BCUT2D eigenvalue weighted by molar-refractivity contribution is 5.39. The Bertz CT molecular complexity index is 711. The number of hydrogen-bond donors (Lipinski definition) is 2. The van der Waals surface area contributed by atoms with Crippen LogP contribution in [0.4, 0.5) is 0 Å². The second-order valence-electron chi connectivity index (χ2n) is 7.45. The molecule has 1 aromatic carbocycles. The topological polar surface area (TPSA) is 82.1 Å². The Morgan fingerprint density at radius 1 is 1.19 bits per heavy atom. The summed E-state index contributed by atoms with van der Waals surface area (Å²) in [6, 6.07) is 8.57. The van der Waals surface area contributed by atoms with Gasteiger partial charge in [0.05, 0.1) is 12.1 Å². The van der Waals surface area contributed by atoms with Crippen molar-refractivity contribution in [3.63, 3.8) is 0 Å². The van der Waals surface area contributed by atoms with E-state index in [1.807, 2.05) is 24.3 Å². The molecule has 148 valence electrons. The number of ether oxygens (including phenoxy) is 2. The van der Waals surface area contributed by atoms with Gasteiger partial charge in [-0.3, -0.25) is 0 Å². The van der Waals surface area contributed by atoms with Crippen LogP contribution in [0.2, 0.25) is 0 Å². The molecule has 1 aliphatic heterocycles. The lowest BCUT2D eigenvalue weighted by Crippen LogP contribution is -3.20. The maximum atomic E-state index is 10.5. The molecule has 1 fully saturated rings. The minimum absolute atomic E-state index is 0.177. The van der Waals surface area contributed by atoms with Gasteiger partial charge in [0.2, 0.25) is 0 Å². The molecular weight excluding hydrogens is 346 g/mol. The van der Waals surface area contributed by atoms with Crippen LogP contribution in [0.25, 0.3) is 0 Å². The Hall–Kier alpha value is -2.12. The monoisotopic (exact) mass is 376 g/mol. The molecule has 7 heteroatoms. The number of nitrogens with one attached hydrogen (secondary N) is 1. The largest absolute Gasteiger partial charge is 0.487 e. The van der Waals surface area contributed by atoms with Crippen LogP contribution in [-0.2, 0) is 6.61 Å². The van der Waals surface area contributed by atoms with E-state index >= 15 is 0 Å². The fourth-order valence-corrected chi connectivity index (χ4v) is 3.73. The zero-order chi connectivity index (χ0) is 19.2. The van der Waals surface area contributed by atoms with Gasteiger partial charge in [0.25, 0.3) is 5.89 Å². The van der Waals surface area contributed by atoms with E-state index in [1.165, 1.54) is 24.2 Å². The van der Waals surface area contributed by atoms with E-state index in [9.17, 15) is 5.11 Å². The Kier molecular flexibility index (Phi) is 6.68. The van der Waals surface area contributed by atoms with E-state index in [2.05, 4.69) is 24.0 Å². The van der Waals surface area contributed by atoms with Gasteiger partial charge in [-0.25, -0.2) is 0 Å². The van der Waals surface area contributed by atoms with Crippen LogP contribution in [0, 0.1) is 6.92 Å². The van der Waals surface area contributed by atoms with Crippen molar-refractivity contribution >= 4 is 0 Å². The molecule has 3 rings (SSSR count). The summed E-state index contributed by atoms with van der Waals surface area (Å²) < 4.78 is 16.7. The maximum Gasteiger partial charge on any atom is 0.264 e. The van der Waals surface area contributed by atoms with E-state index in [0.717, 1.165) is 0 Å². The summed E-state index contributed by atoms with van der Waals surface area (Å²) in [5, 5.41) is 14.2. The third kappa shape index (κ3) is 5.43. The summed E-state index contributed by atoms with van der Waals surface area (Å²) in [6.45, 7) is 7.41. The molecule has 0 aliphatic carbocycles. The van der Waals surface area contributed by atoms with Crippen LogP contribution in [0.5, 0.6) is 11.5 Å². The summed E-state index contributed by atoms with van der Waals surface area (Å²) in [5.41, 5.74) is 0. The number of para-hydroxylation sites is 2. The number of piperidine rings is 1. The van der Waals surface area contributed by atoms with Crippen molar-refractivity contribution in [3.05, 3.63) is 36.0 Å². The molecule has 3 atom stereocenters. The van der Waals surface area contributed by atoms with Gasteiger partial charge in [-0.15, -0.1) is 0 Å². The summed E-state index contributed by atoms with van der Waals surface area (Å²) in [7, 11) is 0. The number of nitrogens with zero attached hydrogens (tertiary/aromatic N) is 2. The highest BCUT2D eigenvalue weighted by Gasteiger charge is 2.30. The third-order valence-electron chi connectivity index (χ3n) is 5.21. The summed E-state index contributed by atoms with van der Waals surface area (Å²) in [4.78, 5) is 5.59. The first kappa shape index (κ1) is 19.6. The van der Waals surface area contributed by atoms with Crippen LogP contribution < -0.4 is 14.4 Å². The molecule has 2 aromatic rings. The zero-order valence-electron chi connectivity index (χ0n) is 16.4. The van der Waals surface area contributed by atoms with Gasteiger partial charge in [-0.05, 0) is 52.2 Å². The fourth-order valence-electron chi connectivity index (χ4n) is 3.73. The van der Waals surface area contributed by atoms with Crippen molar-refractivity contribution in [2.75, 3.05) is 13.2 Å². The molecule has 27 heavy (non-hydrogen) atoms. The minimum Gasteiger partial charge on any atom is -0.487 e. The smallest absolute Gasteiger partial charge is 0.264 e. The molecule has 0 spiro atoms. The van der Waals surface area contributed by atoms with Gasteiger partial charge in [-0.1, -0.05) is 17.3 Å². The molecule has 1 aromatic heterocycles. The average Bonchev–Trinajstić information content (AvgIpc) is 3.07. The number of rotatable bonds is 8. The fraction of sp³-hybridized carbons (Fsp3) is 0.600. The standard InChI is InChI=1S/C20H29N3O4/c1-14-7-6-8-15(2)23(14)11-17(24)12-25-18-9-4-5-10-19(18)26-13-20-21-16(3)22-27-20/h4-5,9-10,14-15,17,24H,6-8,11-13H2,1-3H3/p+1/t14-,15-,17-/m0/s1. The highest BCUT2D eigenvalue weighted by Crippen LogP contribution is 2.27. The molecule has 1 aliphatic rings. The molecule has 7 nitrogen and oxygen atoms in total. The predicted molar refractivity (Wildman–Crippen MR) is 99.9 cm³/mol. The Balaban J connectivity index is 1.52. The number of quaternary nitrogens is 1. The van der Waals surface area contributed by atoms with Crippen LogP contribution in [0.15, 0.2) is 28.8 Å². The molecule has 0 saturated carbocycles. The molecule has 0 amide bonds. The van der Waals surface area contributed by atoms with Crippen molar-refractivity contribution in [2.45, 2.75) is 64.8 Å². The second kappa shape index (κ2) is 9.19. The van der Waals surface area contributed by atoms with Crippen molar-refractivity contribution in [3.8, 4) is 11.5 Å². The van der Waals surface area contributed by atoms with E-state index in [0.29, 0.717) is 41.8 Å². The number of aliphatic hydroxyl groups excluding tert-OH is 1. The normalized spacial score (nSPS) is 21.8. The van der Waals surface area contributed by atoms with Crippen LogP contribution >= 0.6 is 0 Å². The van der Waals surface area contributed by atoms with Crippen molar-refractivity contribution in [1.29, 1.82) is 0 Å². The predicted octanol–water partition coefficient (Wildman–Crippen LogP) is 1.54.